The van der Waals surface area contributed by atoms with Crippen LogP contribution in [0.1, 0.15) is 43.2 Å². The maximum Gasteiger partial charge on any atom is 0.336 e. The van der Waals surface area contributed by atoms with Crippen molar-refractivity contribution in [3.63, 3.8) is 0 Å². The lowest BCUT2D eigenvalue weighted by Crippen LogP contribution is -2.41. The quantitative estimate of drug-likeness (QED) is 0.822. The van der Waals surface area contributed by atoms with E-state index in [9.17, 15) is 9.90 Å². The molecule has 21 heavy (non-hydrogen) atoms. The van der Waals surface area contributed by atoms with Crippen LogP contribution in [-0.4, -0.2) is 11.1 Å². The number of hydrogen-bond donors (Lipinski definition) is 1. The Morgan fingerprint density at radius 1 is 1.00 bits per heavy atom. The van der Waals surface area contributed by atoms with Gasteiger partial charge in [-0.15, -0.1) is 0 Å². The Balaban J connectivity index is 1.87. The van der Waals surface area contributed by atoms with E-state index in [2.05, 4.69) is 0 Å². The van der Waals surface area contributed by atoms with Gasteiger partial charge >= 0.3 is 5.97 Å². The minimum Gasteiger partial charge on any atom is -0.478 e. The fourth-order valence-electron chi connectivity index (χ4n) is 5.35. The molecule has 5 rings (SSSR count). The van der Waals surface area contributed by atoms with Gasteiger partial charge in [0.15, 0.2) is 0 Å². The lowest BCUT2D eigenvalue weighted by molar-refractivity contribution is -0.130. The zero-order valence-electron chi connectivity index (χ0n) is 12.5. The fourth-order valence-corrected chi connectivity index (χ4v) is 5.35. The first kappa shape index (κ1) is 13.1. The van der Waals surface area contributed by atoms with Gasteiger partial charge in [-0.3, -0.25) is 0 Å². The summed E-state index contributed by atoms with van der Waals surface area (Å²) in [5.74, 6) is 2.07. The van der Waals surface area contributed by atoms with Gasteiger partial charge in [0.2, 0.25) is 0 Å². The summed E-state index contributed by atoms with van der Waals surface area (Å²) in [6.45, 7) is 2.02. The Kier molecular flexibility index (Phi) is 2.95. The first-order valence-electron chi connectivity index (χ1n) is 8.16. The Labute approximate surface area is 125 Å². The van der Waals surface area contributed by atoms with Crippen molar-refractivity contribution in [2.45, 2.75) is 39.0 Å². The number of carboxylic acids is 1. The Hall–Kier alpha value is -1.57. The molecule has 4 aliphatic rings. The first-order chi connectivity index (χ1) is 10.1. The number of allylic oxidation sites excluding steroid dienone is 1. The molecule has 0 aliphatic heterocycles. The second-order valence-electron chi connectivity index (χ2n) is 7.25. The number of aliphatic carboxylic acids is 1. The number of hydrogen-bond acceptors (Lipinski definition) is 1. The minimum atomic E-state index is -0.730. The van der Waals surface area contributed by atoms with Gasteiger partial charge in [0.25, 0.3) is 0 Å². The second-order valence-corrected chi connectivity index (χ2v) is 7.25. The van der Waals surface area contributed by atoms with Gasteiger partial charge in [-0.1, -0.05) is 24.3 Å². The molecular formula is C19H22O2. The van der Waals surface area contributed by atoms with Crippen LogP contribution in [-0.2, 0) is 4.79 Å². The van der Waals surface area contributed by atoms with E-state index in [0.717, 1.165) is 23.0 Å². The summed E-state index contributed by atoms with van der Waals surface area (Å²) in [7, 11) is 0. The molecule has 2 nitrogen and oxygen atoms in total. The summed E-state index contributed by atoms with van der Waals surface area (Å²) in [5.41, 5.74) is 3.93. The van der Waals surface area contributed by atoms with Gasteiger partial charge < -0.3 is 5.11 Å². The molecule has 4 bridgehead atoms. The highest BCUT2D eigenvalue weighted by Crippen LogP contribution is 2.57. The van der Waals surface area contributed by atoms with E-state index >= 15 is 0 Å². The Bertz CT molecular complexity index is 596. The SMILES string of the molecule is Cc1ccccc1C(C(=O)O)=C1C2CC3CC(C2)CC1C3. The third-order valence-electron chi connectivity index (χ3n) is 5.93. The highest BCUT2D eigenvalue weighted by molar-refractivity contribution is 6.17. The van der Waals surface area contributed by atoms with Crippen molar-refractivity contribution in [1.82, 2.24) is 0 Å². The highest BCUT2D eigenvalue weighted by atomic mass is 16.4. The van der Waals surface area contributed by atoms with E-state index in [4.69, 9.17) is 0 Å². The van der Waals surface area contributed by atoms with Gasteiger partial charge in [0.1, 0.15) is 0 Å². The van der Waals surface area contributed by atoms with E-state index in [1.807, 2.05) is 31.2 Å². The normalized spacial score (nSPS) is 33.3. The summed E-state index contributed by atoms with van der Waals surface area (Å²) < 4.78 is 0. The van der Waals surface area contributed by atoms with Gasteiger partial charge in [-0.2, -0.15) is 0 Å². The molecule has 0 unspecified atom stereocenters. The summed E-state index contributed by atoms with van der Waals surface area (Å²) in [6, 6.07) is 7.95. The molecule has 1 aromatic carbocycles. The van der Waals surface area contributed by atoms with E-state index in [1.54, 1.807) is 0 Å². The van der Waals surface area contributed by atoms with Crippen molar-refractivity contribution < 1.29 is 9.90 Å². The van der Waals surface area contributed by atoms with Crippen LogP contribution in [0.2, 0.25) is 0 Å². The lowest BCUT2D eigenvalue weighted by Gasteiger charge is -2.52. The van der Waals surface area contributed by atoms with E-state index < -0.39 is 5.97 Å². The average Bonchev–Trinajstić information content (AvgIpc) is 2.43. The first-order valence-corrected chi connectivity index (χ1v) is 8.16. The molecule has 4 fully saturated rings. The van der Waals surface area contributed by atoms with Crippen molar-refractivity contribution in [2.75, 3.05) is 0 Å². The summed E-state index contributed by atoms with van der Waals surface area (Å²) in [5, 5.41) is 9.88. The largest absolute Gasteiger partial charge is 0.478 e. The van der Waals surface area contributed by atoms with Crippen LogP contribution in [0.5, 0.6) is 0 Å². The van der Waals surface area contributed by atoms with Crippen LogP contribution in [0, 0.1) is 30.6 Å². The molecule has 110 valence electrons. The van der Waals surface area contributed by atoms with Gasteiger partial charge in [-0.05, 0) is 79.4 Å². The Morgan fingerprint density at radius 3 is 2.10 bits per heavy atom. The van der Waals surface area contributed by atoms with Crippen molar-refractivity contribution in [3.8, 4) is 0 Å². The van der Waals surface area contributed by atoms with Crippen LogP contribution in [0.4, 0.5) is 0 Å². The maximum atomic E-state index is 12.0. The molecule has 0 saturated heterocycles. The van der Waals surface area contributed by atoms with Crippen LogP contribution in [0.15, 0.2) is 29.8 Å². The minimum absolute atomic E-state index is 0.534. The predicted molar refractivity (Wildman–Crippen MR) is 82.8 cm³/mol. The van der Waals surface area contributed by atoms with E-state index in [1.165, 1.54) is 37.7 Å². The van der Waals surface area contributed by atoms with Crippen LogP contribution >= 0.6 is 0 Å². The van der Waals surface area contributed by atoms with Crippen molar-refractivity contribution >= 4 is 11.5 Å². The van der Waals surface area contributed by atoms with Gasteiger partial charge in [0, 0.05) is 0 Å². The topological polar surface area (TPSA) is 37.3 Å². The predicted octanol–water partition coefficient (Wildman–Crippen LogP) is 4.29. The molecule has 1 aromatic rings. The molecule has 1 N–H and O–H groups in total. The highest BCUT2D eigenvalue weighted by Gasteiger charge is 2.47. The standard InChI is InChI=1S/C19H22O2/c1-11-4-2-3-5-16(11)18(19(20)21)17-14-7-12-6-13(9-14)10-15(17)8-12/h2-5,12-15H,6-10H2,1H3,(H,20,21). The molecule has 0 amide bonds. The van der Waals surface area contributed by atoms with Gasteiger partial charge in [-0.25, -0.2) is 4.79 Å². The smallest absolute Gasteiger partial charge is 0.336 e. The zero-order chi connectivity index (χ0) is 14.6. The Morgan fingerprint density at radius 2 is 1.57 bits per heavy atom. The number of aryl methyl sites for hydroxylation is 1. The lowest BCUT2D eigenvalue weighted by atomic mass is 9.53. The van der Waals surface area contributed by atoms with Crippen LogP contribution in [0.25, 0.3) is 5.57 Å². The molecule has 0 aromatic heterocycles. The molecule has 2 heteroatoms. The number of carboxylic acid groups (broad SMARTS) is 1. The average molecular weight is 282 g/mol. The third-order valence-corrected chi connectivity index (χ3v) is 5.93. The molecule has 0 heterocycles. The molecule has 4 saturated carbocycles. The van der Waals surface area contributed by atoms with E-state index in [-0.39, 0.29) is 0 Å². The molecule has 4 aliphatic carbocycles. The van der Waals surface area contributed by atoms with Crippen molar-refractivity contribution in [2.24, 2.45) is 23.7 Å². The van der Waals surface area contributed by atoms with Crippen LogP contribution < -0.4 is 0 Å². The molecule has 0 atom stereocenters. The number of rotatable bonds is 2. The summed E-state index contributed by atoms with van der Waals surface area (Å²) >= 11 is 0. The molecular weight excluding hydrogens is 260 g/mol. The van der Waals surface area contributed by atoms with E-state index in [0.29, 0.717) is 17.4 Å². The molecule has 0 radical (unpaired) electrons. The summed E-state index contributed by atoms with van der Waals surface area (Å²) in [4.78, 5) is 12.0. The third kappa shape index (κ3) is 2.04. The van der Waals surface area contributed by atoms with Crippen molar-refractivity contribution in [3.05, 3.63) is 41.0 Å². The molecule has 0 spiro atoms. The zero-order valence-corrected chi connectivity index (χ0v) is 12.5. The van der Waals surface area contributed by atoms with Gasteiger partial charge in [0.05, 0.1) is 5.57 Å². The maximum absolute atomic E-state index is 12.0. The summed E-state index contributed by atoms with van der Waals surface area (Å²) in [6.07, 6.45) is 6.30. The van der Waals surface area contributed by atoms with Crippen molar-refractivity contribution in [1.29, 1.82) is 0 Å². The second kappa shape index (κ2) is 4.72. The number of carbonyl (C=O) groups is 1. The monoisotopic (exact) mass is 282 g/mol. The number of benzene rings is 1. The fraction of sp³-hybridized carbons (Fsp3) is 0.526. The van der Waals surface area contributed by atoms with Crippen LogP contribution in [0.3, 0.4) is 0 Å².